The lowest BCUT2D eigenvalue weighted by molar-refractivity contribution is 1.07. The van der Waals surface area contributed by atoms with E-state index in [1.54, 1.807) is 0 Å². The van der Waals surface area contributed by atoms with Gasteiger partial charge in [0.25, 0.3) is 0 Å². The molecule has 2 heterocycles. The minimum atomic E-state index is 0.620. The summed E-state index contributed by atoms with van der Waals surface area (Å²) >= 11 is 0. The van der Waals surface area contributed by atoms with Gasteiger partial charge < -0.3 is 0 Å². The van der Waals surface area contributed by atoms with Gasteiger partial charge in [-0.1, -0.05) is 158 Å². The summed E-state index contributed by atoms with van der Waals surface area (Å²) in [5.74, 6) is 1.91. The summed E-state index contributed by atoms with van der Waals surface area (Å²) in [6, 6.07) is 59.6. The SMILES string of the molecule is [C-]#[N+]c1ccc(-c2cc(-c3ccccc3)nc3ccc4cc(-c5ccc(-c6nc(-c7ccccc7)nc(-c7ccccc7)n6)cc5)ccc4c23)cc1. The molecule has 2 aromatic heterocycles. The van der Waals surface area contributed by atoms with Gasteiger partial charge >= 0.3 is 0 Å². The number of aromatic nitrogens is 4. The van der Waals surface area contributed by atoms with E-state index < -0.39 is 0 Å². The lowest BCUT2D eigenvalue weighted by atomic mass is 9.93. The molecule has 0 N–H and O–H groups in total. The molecule has 0 radical (unpaired) electrons. The first kappa shape index (κ1) is 30.7. The summed E-state index contributed by atoms with van der Waals surface area (Å²) in [6.07, 6.45) is 0. The van der Waals surface area contributed by atoms with E-state index in [-0.39, 0.29) is 0 Å². The molecule has 0 saturated carbocycles. The highest BCUT2D eigenvalue weighted by atomic mass is 15.0. The Hall–Kier alpha value is -7.29. The average molecular weight is 664 g/mol. The summed E-state index contributed by atoms with van der Waals surface area (Å²) in [5, 5.41) is 3.34. The Balaban J connectivity index is 1.12. The standard InChI is InChI=1S/C47H29N5/c1-48-39-25-21-32(22-26-39)41-30-43(33-11-5-2-6-12-33)49-42-28-24-38-29-37(23-27-40(38)44(41)42)31-17-19-36(20-18-31)47-51-45(34-13-7-3-8-14-34)50-46(52-47)35-15-9-4-10-16-35/h2-30H. The smallest absolute Gasteiger partial charge is 0.187 e. The maximum atomic E-state index is 7.44. The molecule has 5 heteroatoms. The highest BCUT2D eigenvalue weighted by Crippen LogP contribution is 2.38. The number of fused-ring (bicyclic) bond motifs is 3. The topological polar surface area (TPSA) is 55.9 Å². The van der Waals surface area contributed by atoms with Gasteiger partial charge in [0.1, 0.15) is 0 Å². The van der Waals surface area contributed by atoms with E-state index in [4.69, 9.17) is 26.5 Å². The lowest BCUT2D eigenvalue weighted by Gasteiger charge is -2.14. The third-order valence-electron chi connectivity index (χ3n) is 9.34. The number of pyridine rings is 1. The Kier molecular flexibility index (Phi) is 7.81. The molecular weight excluding hydrogens is 635 g/mol. The number of benzene rings is 7. The predicted molar refractivity (Wildman–Crippen MR) is 212 cm³/mol. The number of hydrogen-bond acceptors (Lipinski definition) is 4. The van der Waals surface area contributed by atoms with Crippen LogP contribution in [0.15, 0.2) is 176 Å². The van der Waals surface area contributed by atoms with Crippen LogP contribution in [0.2, 0.25) is 0 Å². The predicted octanol–water partition coefficient (Wildman–Crippen LogP) is 12.1. The molecule has 0 fully saturated rings. The van der Waals surface area contributed by atoms with E-state index in [0.717, 1.165) is 71.9 Å². The van der Waals surface area contributed by atoms with Crippen molar-refractivity contribution < 1.29 is 0 Å². The fourth-order valence-electron chi connectivity index (χ4n) is 6.69. The van der Waals surface area contributed by atoms with Gasteiger partial charge in [-0.2, -0.15) is 0 Å². The quantitative estimate of drug-likeness (QED) is 0.131. The molecule has 0 spiro atoms. The molecule has 242 valence electrons. The monoisotopic (exact) mass is 663 g/mol. The summed E-state index contributed by atoms with van der Waals surface area (Å²) in [6.45, 7) is 7.44. The Labute approximate surface area is 301 Å². The minimum absolute atomic E-state index is 0.620. The van der Waals surface area contributed by atoms with Crippen LogP contribution < -0.4 is 0 Å². The molecule has 0 saturated heterocycles. The highest BCUT2D eigenvalue weighted by Gasteiger charge is 2.15. The first-order chi connectivity index (χ1) is 25.7. The third-order valence-corrected chi connectivity index (χ3v) is 9.34. The molecular formula is C47H29N5. The van der Waals surface area contributed by atoms with E-state index in [1.807, 2.05) is 103 Å². The van der Waals surface area contributed by atoms with Crippen LogP contribution in [-0.4, -0.2) is 19.9 Å². The van der Waals surface area contributed by atoms with E-state index in [1.165, 1.54) is 0 Å². The molecule has 0 bridgehead atoms. The van der Waals surface area contributed by atoms with Crippen LogP contribution in [-0.2, 0) is 0 Å². The van der Waals surface area contributed by atoms with Gasteiger partial charge in [-0.05, 0) is 51.2 Å². The Morgan fingerprint density at radius 1 is 0.385 bits per heavy atom. The molecule has 0 aliphatic heterocycles. The number of hydrogen-bond donors (Lipinski definition) is 0. The highest BCUT2D eigenvalue weighted by molar-refractivity contribution is 6.14. The van der Waals surface area contributed by atoms with Crippen LogP contribution in [0.3, 0.4) is 0 Å². The molecule has 0 aliphatic rings. The molecule has 0 atom stereocenters. The lowest BCUT2D eigenvalue weighted by Crippen LogP contribution is -2.00. The van der Waals surface area contributed by atoms with Gasteiger partial charge in [-0.15, -0.1) is 0 Å². The fraction of sp³-hybridized carbons (Fsp3) is 0. The molecule has 0 aliphatic carbocycles. The largest absolute Gasteiger partial charge is 0.248 e. The van der Waals surface area contributed by atoms with Crippen molar-refractivity contribution in [3.05, 3.63) is 187 Å². The summed E-state index contributed by atoms with van der Waals surface area (Å²) < 4.78 is 0. The van der Waals surface area contributed by atoms with Crippen molar-refractivity contribution in [3.8, 4) is 67.7 Å². The van der Waals surface area contributed by atoms with Gasteiger partial charge in [0, 0.05) is 27.6 Å². The van der Waals surface area contributed by atoms with Crippen LogP contribution in [0.25, 0.3) is 94.2 Å². The van der Waals surface area contributed by atoms with Crippen LogP contribution in [0, 0.1) is 6.57 Å². The third kappa shape index (κ3) is 5.85. The van der Waals surface area contributed by atoms with Crippen molar-refractivity contribution in [1.82, 2.24) is 19.9 Å². The first-order valence-corrected chi connectivity index (χ1v) is 17.1. The van der Waals surface area contributed by atoms with Gasteiger partial charge in [-0.3, -0.25) is 0 Å². The second-order valence-electron chi connectivity index (χ2n) is 12.6. The molecule has 52 heavy (non-hydrogen) atoms. The Bertz CT molecular complexity index is 2700. The van der Waals surface area contributed by atoms with Crippen LogP contribution in [0.5, 0.6) is 0 Å². The van der Waals surface area contributed by atoms with E-state index in [0.29, 0.717) is 23.2 Å². The van der Waals surface area contributed by atoms with Crippen LogP contribution in [0.1, 0.15) is 0 Å². The average Bonchev–Trinajstić information content (AvgIpc) is 3.24. The van der Waals surface area contributed by atoms with E-state index in [9.17, 15) is 0 Å². The zero-order valence-corrected chi connectivity index (χ0v) is 28.0. The van der Waals surface area contributed by atoms with E-state index in [2.05, 4.69) is 77.6 Å². The molecule has 9 rings (SSSR count). The fourth-order valence-corrected chi connectivity index (χ4v) is 6.69. The van der Waals surface area contributed by atoms with Crippen molar-refractivity contribution >= 4 is 27.4 Å². The van der Waals surface area contributed by atoms with Crippen molar-refractivity contribution in [3.63, 3.8) is 0 Å². The Morgan fingerprint density at radius 2 is 0.885 bits per heavy atom. The number of rotatable bonds is 6. The van der Waals surface area contributed by atoms with Crippen LogP contribution >= 0.6 is 0 Å². The summed E-state index contributed by atoms with van der Waals surface area (Å²) in [5.41, 5.74) is 10.7. The molecule has 0 amide bonds. The normalized spacial score (nSPS) is 11.1. The maximum absolute atomic E-state index is 7.44. The van der Waals surface area contributed by atoms with Gasteiger partial charge in [0.05, 0.1) is 17.8 Å². The first-order valence-electron chi connectivity index (χ1n) is 17.1. The van der Waals surface area contributed by atoms with Crippen molar-refractivity contribution in [2.24, 2.45) is 0 Å². The minimum Gasteiger partial charge on any atom is -0.248 e. The van der Waals surface area contributed by atoms with Gasteiger partial charge in [-0.25, -0.2) is 24.8 Å². The van der Waals surface area contributed by atoms with Crippen molar-refractivity contribution in [2.45, 2.75) is 0 Å². The zero-order chi connectivity index (χ0) is 34.9. The van der Waals surface area contributed by atoms with E-state index >= 15 is 0 Å². The summed E-state index contributed by atoms with van der Waals surface area (Å²) in [4.78, 5) is 23.3. The molecule has 5 nitrogen and oxygen atoms in total. The molecule has 7 aromatic carbocycles. The van der Waals surface area contributed by atoms with Crippen molar-refractivity contribution in [2.75, 3.05) is 0 Å². The van der Waals surface area contributed by atoms with Crippen LogP contribution in [0.4, 0.5) is 5.69 Å². The second-order valence-corrected chi connectivity index (χ2v) is 12.6. The van der Waals surface area contributed by atoms with Gasteiger partial charge in [0.15, 0.2) is 23.2 Å². The second kappa shape index (κ2) is 13.2. The molecule has 9 aromatic rings. The number of nitrogens with zero attached hydrogens (tertiary/aromatic N) is 5. The molecule has 0 unspecified atom stereocenters. The summed E-state index contributed by atoms with van der Waals surface area (Å²) in [7, 11) is 0. The zero-order valence-electron chi connectivity index (χ0n) is 28.0. The van der Waals surface area contributed by atoms with Gasteiger partial charge in [0.2, 0.25) is 0 Å². The Morgan fingerprint density at radius 3 is 1.46 bits per heavy atom. The maximum Gasteiger partial charge on any atom is 0.187 e. The van der Waals surface area contributed by atoms with Crippen molar-refractivity contribution in [1.29, 1.82) is 0 Å².